The lowest BCUT2D eigenvalue weighted by Gasteiger charge is -2.07. The molecule has 0 saturated carbocycles. The van der Waals surface area contributed by atoms with E-state index in [1.807, 2.05) is 30.3 Å². The molecule has 0 N–H and O–H groups in total. The third-order valence-electron chi connectivity index (χ3n) is 2.54. The number of halogens is 2. The summed E-state index contributed by atoms with van der Waals surface area (Å²) < 4.78 is 35.5. The lowest BCUT2D eigenvalue weighted by atomic mass is 10.1. The number of rotatable bonds is 5. The Morgan fingerprint density at radius 2 is 1.85 bits per heavy atom. The summed E-state index contributed by atoms with van der Waals surface area (Å²) in [6.07, 6.45) is -0.951. The third kappa shape index (κ3) is 4.11. The van der Waals surface area contributed by atoms with E-state index in [0.29, 0.717) is 10.7 Å². The van der Waals surface area contributed by atoms with E-state index in [1.165, 1.54) is 0 Å². The highest BCUT2D eigenvalue weighted by Gasteiger charge is 2.13. The van der Waals surface area contributed by atoms with Gasteiger partial charge in [0, 0.05) is 29.2 Å². The molecular weight excluding hydrogens is 282 g/mol. The van der Waals surface area contributed by atoms with E-state index in [4.69, 9.17) is 0 Å². The molecule has 2 rings (SSSR count). The second-order valence-corrected chi connectivity index (χ2v) is 5.47. The summed E-state index contributed by atoms with van der Waals surface area (Å²) >= 11 is -1.42. The Morgan fingerprint density at radius 1 is 1.10 bits per heavy atom. The Balaban J connectivity index is 2.03. The SMILES string of the molecule is [O-][S+](CCC=C(F)F)c1ccc(-c2ccccc2)nn1. The van der Waals surface area contributed by atoms with Gasteiger partial charge in [-0.05, 0) is 12.1 Å². The van der Waals surface area contributed by atoms with Crippen LogP contribution in [0.1, 0.15) is 6.42 Å². The summed E-state index contributed by atoms with van der Waals surface area (Å²) in [7, 11) is 0. The van der Waals surface area contributed by atoms with Crippen LogP contribution in [0.25, 0.3) is 11.3 Å². The predicted octanol–water partition coefficient (Wildman–Crippen LogP) is 3.42. The Morgan fingerprint density at radius 3 is 2.45 bits per heavy atom. The van der Waals surface area contributed by atoms with Gasteiger partial charge in [0.05, 0.1) is 5.69 Å². The fraction of sp³-hybridized carbons (Fsp3) is 0.143. The second kappa shape index (κ2) is 7.12. The zero-order chi connectivity index (χ0) is 14.4. The van der Waals surface area contributed by atoms with Crippen LogP contribution < -0.4 is 0 Å². The van der Waals surface area contributed by atoms with Crippen LogP contribution in [0, 0.1) is 0 Å². The van der Waals surface area contributed by atoms with Crippen molar-refractivity contribution in [3.8, 4) is 11.3 Å². The number of allylic oxidation sites excluding steroid dienone is 1. The van der Waals surface area contributed by atoms with Crippen molar-refractivity contribution in [3.63, 3.8) is 0 Å². The van der Waals surface area contributed by atoms with E-state index in [9.17, 15) is 13.3 Å². The maximum atomic E-state index is 11.9. The zero-order valence-electron chi connectivity index (χ0n) is 10.5. The van der Waals surface area contributed by atoms with Gasteiger partial charge in [-0.3, -0.25) is 0 Å². The first-order valence-electron chi connectivity index (χ1n) is 5.95. The molecule has 0 radical (unpaired) electrons. The van der Waals surface area contributed by atoms with Crippen molar-refractivity contribution >= 4 is 11.2 Å². The van der Waals surface area contributed by atoms with Crippen molar-refractivity contribution in [2.45, 2.75) is 11.4 Å². The van der Waals surface area contributed by atoms with Crippen molar-refractivity contribution < 1.29 is 13.3 Å². The van der Waals surface area contributed by atoms with E-state index in [1.54, 1.807) is 12.1 Å². The summed E-state index contributed by atoms with van der Waals surface area (Å²) in [5, 5.41) is 8.20. The van der Waals surface area contributed by atoms with Crippen LogP contribution in [-0.2, 0) is 11.2 Å². The van der Waals surface area contributed by atoms with E-state index < -0.39 is 17.3 Å². The van der Waals surface area contributed by atoms with Crippen LogP contribution in [0.5, 0.6) is 0 Å². The summed E-state index contributed by atoms with van der Waals surface area (Å²) in [5.41, 5.74) is 1.60. The molecule has 1 atom stereocenters. The smallest absolute Gasteiger partial charge is 0.266 e. The number of hydrogen-bond donors (Lipinski definition) is 0. The van der Waals surface area contributed by atoms with Gasteiger partial charge in [0.2, 0.25) is 0 Å². The molecule has 0 saturated heterocycles. The van der Waals surface area contributed by atoms with E-state index in [0.717, 1.165) is 11.6 Å². The summed E-state index contributed by atoms with van der Waals surface area (Å²) in [4.78, 5) is 0. The molecule has 0 aliphatic carbocycles. The Kier molecular flexibility index (Phi) is 5.20. The molecule has 1 heterocycles. The van der Waals surface area contributed by atoms with Gasteiger partial charge in [0.15, 0.2) is 0 Å². The van der Waals surface area contributed by atoms with Gasteiger partial charge in [-0.25, -0.2) is 0 Å². The highest BCUT2D eigenvalue weighted by Crippen LogP contribution is 2.17. The fourth-order valence-electron chi connectivity index (χ4n) is 1.58. The number of hydrogen-bond acceptors (Lipinski definition) is 3. The second-order valence-electron chi connectivity index (χ2n) is 3.95. The van der Waals surface area contributed by atoms with Gasteiger partial charge in [0.25, 0.3) is 11.1 Å². The van der Waals surface area contributed by atoms with E-state index in [2.05, 4.69) is 10.2 Å². The summed E-state index contributed by atoms with van der Waals surface area (Å²) in [6.45, 7) is 0. The van der Waals surface area contributed by atoms with Gasteiger partial charge in [-0.15, -0.1) is 5.10 Å². The average Bonchev–Trinajstić information content (AvgIpc) is 2.48. The fourth-order valence-corrected chi connectivity index (χ4v) is 2.48. The van der Waals surface area contributed by atoms with Crippen molar-refractivity contribution in [1.29, 1.82) is 0 Å². The Labute approximate surface area is 118 Å². The minimum absolute atomic E-state index is 0.0526. The molecule has 2 aromatic rings. The van der Waals surface area contributed by atoms with E-state index in [-0.39, 0.29) is 12.2 Å². The zero-order valence-corrected chi connectivity index (χ0v) is 11.3. The largest absolute Gasteiger partial charge is 0.610 e. The van der Waals surface area contributed by atoms with Crippen molar-refractivity contribution in [3.05, 3.63) is 54.6 Å². The van der Waals surface area contributed by atoms with Crippen LogP contribution in [0.2, 0.25) is 0 Å². The first kappa shape index (κ1) is 14.6. The minimum Gasteiger partial charge on any atom is -0.610 e. The predicted molar refractivity (Wildman–Crippen MR) is 73.7 cm³/mol. The number of nitrogens with zero attached hydrogens (tertiary/aromatic N) is 2. The lowest BCUT2D eigenvalue weighted by Crippen LogP contribution is -2.09. The molecule has 0 aliphatic rings. The quantitative estimate of drug-likeness (QED) is 0.794. The first-order valence-corrected chi connectivity index (χ1v) is 7.27. The summed E-state index contributed by atoms with van der Waals surface area (Å²) in [6, 6.07) is 12.8. The molecule has 6 heteroatoms. The van der Waals surface area contributed by atoms with Gasteiger partial charge >= 0.3 is 0 Å². The molecule has 0 spiro atoms. The molecule has 1 aromatic heterocycles. The highest BCUT2D eigenvalue weighted by atomic mass is 32.2. The van der Waals surface area contributed by atoms with Gasteiger partial charge < -0.3 is 4.55 Å². The van der Waals surface area contributed by atoms with Gasteiger partial charge in [-0.1, -0.05) is 35.4 Å². The highest BCUT2D eigenvalue weighted by molar-refractivity contribution is 7.91. The third-order valence-corrected chi connectivity index (χ3v) is 3.84. The normalized spacial score (nSPS) is 11.9. The lowest BCUT2D eigenvalue weighted by molar-refractivity contribution is 0.418. The van der Waals surface area contributed by atoms with Crippen LogP contribution in [-0.4, -0.2) is 20.5 Å². The molecular formula is C14H12F2N2OS. The molecule has 0 amide bonds. The van der Waals surface area contributed by atoms with E-state index >= 15 is 0 Å². The molecule has 1 aromatic carbocycles. The average molecular weight is 294 g/mol. The van der Waals surface area contributed by atoms with Crippen molar-refractivity contribution in [2.75, 3.05) is 5.75 Å². The van der Waals surface area contributed by atoms with Crippen LogP contribution in [0.3, 0.4) is 0 Å². The number of benzene rings is 1. The molecule has 20 heavy (non-hydrogen) atoms. The maximum Gasteiger partial charge on any atom is 0.266 e. The maximum absolute atomic E-state index is 11.9. The van der Waals surface area contributed by atoms with Gasteiger partial charge in [-0.2, -0.15) is 8.78 Å². The molecule has 104 valence electrons. The Hall–Kier alpha value is -1.79. The number of aromatic nitrogens is 2. The van der Waals surface area contributed by atoms with Gasteiger partial charge in [0.1, 0.15) is 5.75 Å². The van der Waals surface area contributed by atoms with Crippen LogP contribution in [0.4, 0.5) is 8.78 Å². The Bertz CT molecular complexity index is 571. The molecule has 3 nitrogen and oxygen atoms in total. The minimum atomic E-state index is -1.76. The van der Waals surface area contributed by atoms with Crippen molar-refractivity contribution in [2.24, 2.45) is 0 Å². The van der Waals surface area contributed by atoms with Crippen LogP contribution >= 0.6 is 0 Å². The first-order chi connectivity index (χ1) is 9.66. The standard InChI is InChI=1S/C14H12F2N2OS/c15-13(16)7-4-10-20(19)14-9-8-12(17-18-14)11-5-2-1-3-6-11/h1-3,5-9H,4,10H2. The molecule has 1 unspecified atom stereocenters. The molecule has 0 aliphatic heterocycles. The molecule has 0 bridgehead atoms. The molecule has 0 fully saturated rings. The monoisotopic (exact) mass is 294 g/mol. The van der Waals surface area contributed by atoms with Crippen LogP contribution in [0.15, 0.2) is 59.6 Å². The summed E-state index contributed by atoms with van der Waals surface area (Å²) in [5.74, 6) is 0.108. The van der Waals surface area contributed by atoms with Crippen molar-refractivity contribution in [1.82, 2.24) is 10.2 Å². The topological polar surface area (TPSA) is 48.8 Å².